The molecule has 0 unspecified atom stereocenters. The van der Waals surface area contributed by atoms with E-state index in [4.69, 9.17) is 9.26 Å². The second-order valence-corrected chi connectivity index (χ2v) is 6.77. The van der Waals surface area contributed by atoms with E-state index in [0.717, 1.165) is 44.8 Å². The zero-order valence-electron chi connectivity index (χ0n) is 15.8. The molecular formula is C23H18N4O2. The van der Waals surface area contributed by atoms with Gasteiger partial charge in [-0.1, -0.05) is 58.9 Å². The van der Waals surface area contributed by atoms with Crippen LogP contribution in [-0.2, 0) is 6.54 Å². The highest BCUT2D eigenvalue weighted by Crippen LogP contribution is 2.26. The van der Waals surface area contributed by atoms with Crippen molar-refractivity contribution in [1.82, 2.24) is 20.2 Å². The van der Waals surface area contributed by atoms with E-state index >= 15 is 0 Å². The predicted molar refractivity (Wildman–Crippen MR) is 111 cm³/mol. The van der Waals surface area contributed by atoms with Crippen molar-refractivity contribution in [1.29, 1.82) is 0 Å². The smallest absolute Gasteiger partial charge is 0.158 e. The summed E-state index contributed by atoms with van der Waals surface area (Å²) < 4.78 is 12.5. The Hall–Kier alpha value is -3.93. The molecule has 0 fully saturated rings. The van der Waals surface area contributed by atoms with Crippen LogP contribution in [-0.4, -0.2) is 27.3 Å². The Morgan fingerprint density at radius 1 is 0.862 bits per heavy atom. The fourth-order valence-electron chi connectivity index (χ4n) is 3.31. The monoisotopic (exact) mass is 382 g/mol. The zero-order chi connectivity index (χ0) is 19.6. The molecule has 0 saturated heterocycles. The van der Waals surface area contributed by atoms with Crippen molar-refractivity contribution in [3.8, 4) is 28.3 Å². The number of nitrogens with zero attached hydrogens (tertiary/aromatic N) is 4. The molecule has 142 valence electrons. The molecule has 2 aromatic heterocycles. The summed E-state index contributed by atoms with van der Waals surface area (Å²) in [4.78, 5) is 0. The summed E-state index contributed by atoms with van der Waals surface area (Å²) in [6.45, 7) is 0.470. The molecule has 0 aliphatic rings. The van der Waals surface area contributed by atoms with Crippen LogP contribution >= 0.6 is 0 Å². The molecule has 0 aliphatic heterocycles. The summed E-state index contributed by atoms with van der Waals surface area (Å²) in [6, 6.07) is 24.1. The normalized spacial score (nSPS) is 11.1. The standard InChI is InChI=1S/C23H18N4O2/c1-28-20-10-9-17-11-19(8-7-18(17)12-20)23-15-27(26-24-23)14-21-13-22(25-29-21)16-5-3-2-4-6-16/h2-13,15H,14H2,1H3. The lowest BCUT2D eigenvalue weighted by molar-refractivity contribution is 0.372. The van der Waals surface area contributed by atoms with Crippen LogP contribution in [0.25, 0.3) is 33.3 Å². The number of rotatable bonds is 5. The highest BCUT2D eigenvalue weighted by Gasteiger charge is 2.10. The largest absolute Gasteiger partial charge is 0.497 e. The van der Waals surface area contributed by atoms with Crippen molar-refractivity contribution in [2.75, 3.05) is 7.11 Å². The summed E-state index contributed by atoms with van der Waals surface area (Å²) in [5.74, 6) is 1.57. The van der Waals surface area contributed by atoms with Crippen molar-refractivity contribution >= 4 is 10.8 Å². The average Bonchev–Trinajstić information content (AvgIpc) is 3.44. The van der Waals surface area contributed by atoms with Gasteiger partial charge in [-0.25, -0.2) is 4.68 Å². The number of ether oxygens (including phenoxy) is 1. The molecule has 0 amide bonds. The van der Waals surface area contributed by atoms with Gasteiger partial charge in [0.2, 0.25) is 0 Å². The number of benzene rings is 3. The molecule has 0 N–H and O–H groups in total. The van der Waals surface area contributed by atoms with Gasteiger partial charge >= 0.3 is 0 Å². The highest BCUT2D eigenvalue weighted by atomic mass is 16.5. The van der Waals surface area contributed by atoms with Gasteiger partial charge in [0.05, 0.1) is 13.3 Å². The maximum atomic E-state index is 5.47. The summed E-state index contributed by atoms with van der Waals surface area (Å²) >= 11 is 0. The van der Waals surface area contributed by atoms with Crippen LogP contribution in [0, 0.1) is 0 Å². The molecule has 0 saturated carbocycles. The van der Waals surface area contributed by atoms with Gasteiger partial charge in [0.25, 0.3) is 0 Å². The number of hydrogen-bond acceptors (Lipinski definition) is 5. The highest BCUT2D eigenvalue weighted by molar-refractivity contribution is 5.87. The van der Waals surface area contributed by atoms with Crippen LogP contribution < -0.4 is 4.74 Å². The van der Waals surface area contributed by atoms with Gasteiger partial charge in [0.1, 0.15) is 23.7 Å². The lowest BCUT2D eigenvalue weighted by Crippen LogP contribution is -1.98. The summed E-state index contributed by atoms with van der Waals surface area (Å²) in [5, 5.41) is 14.9. The van der Waals surface area contributed by atoms with E-state index in [1.807, 2.05) is 66.9 Å². The molecule has 0 atom stereocenters. The maximum absolute atomic E-state index is 5.47. The Morgan fingerprint density at radius 3 is 2.55 bits per heavy atom. The van der Waals surface area contributed by atoms with Crippen LogP contribution in [0.1, 0.15) is 5.76 Å². The van der Waals surface area contributed by atoms with Gasteiger partial charge < -0.3 is 9.26 Å². The number of aromatic nitrogens is 4. The molecule has 29 heavy (non-hydrogen) atoms. The first-order valence-electron chi connectivity index (χ1n) is 9.28. The molecule has 3 aromatic carbocycles. The summed E-state index contributed by atoms with van der Waals surface area (Å²) in [5.41, 5.74) is 3.66. The number of methoxy groups -OCH3 is 1. The minimum absolute atomic E-state index is 0.470. The SMILES string of the molecule is COc1ccc2cc(-c3cn(Cc4cc(-c5ccccc5)no4)nn3)ccc2c1. The molecule has 0 aliphatic carbocycles. The Labute approximate surface area is 167 Å². The summed E-state index contributed by atoms with van der Waals surface area (Å²) in [7, 11) is 1.67. The zero-order valence-corrected chi connectivity index (χ0v) is 15.8. The molecule has 5 rings (SSSR count). The minimum Gasteiger partial charge on any atom is -0.497 e. The lowest BCUT2D eigenvalue weighted by Gasteiger charge is -2.04. The Balaban J connectivity index is 1.37. The average molecular weight is 382 g/mol. The topological polar surface area (TPSA) is 66.0 Å². The van der Waals surface area contributed by atoms with Crippen LogP contribution in [0.4, 0.5) is 0 Å². The Morgan fingerprint density at radius 2 is 1.69 bits per heavy atom. The van der Waals surface area contributed by atoms with Crippen molar-refractivity contribution in [3.05, 3.63) is 84.8 Å². The van der Waals surface area contributed by atoms with E-state index in [0.29, 0.717) is 6.54 Å². The van der Waals surface area contributed by atoms with Gasteiger partial charge in [0, 0.05) is 17.2 Å². The van der Waals surface area contributed by atoms with E-state index in [9.17, 15) is 0 Å². The van der Waals surface area contributed by atoms with Crippen molar-refractivity contribution in [3.63, 3.8) is 0 Å². The molecular weight excluding hydrogens is 364 g/mol. The fourth-order valence-corrected chi connectivity index (χ4v) is 3.31. The second kappa shape index (κ2) is 7.24. The third-order valence-corrected chi connectivity index (χ3v) is 4.83. The molecule has 6 nitrogen and oxygen atoms in total. The van der Waals surface area contributed by atoms with E-state index in [1.54, 1.807) is 11.8 Å². The van der Waals surface area contributed by atoms with Crippen molar-refractivity contribution in [2.24, 2.45) is 0 Å². The van der Waals surface area contributed by atoms with E-state index < -0.39 is 0 Å². The molecule has 5 aromatic rings. The lowest BCUT2D eigenvalue weighted by atomic mass is 10.1. The predicted octanol–water partition coefficient (Wildman–Crippen LogP) is 4.81. The second-order valence-electron chi connectivity index (χ2n) is 6.77. The van der Waals surface area contributed by atoms with Gasteiger partial charge in [-0.15, -0.1) is 5.10 Å². The Kier molecular flexibility index (Phi) is 4.29. The first-order valence-corrected chi connectivity index (χ1v) is 9.28. The Bertz CT molecular complexity index is 1270. The summed E-state index contributed by atoms with van der Waals surface area (Å²) in [6.07, 6.45) is 1.91. The van der Waals surface area contributed by atoms with Gasteiger partial charge in [-0.3, -0.25) is 0 Å². The molecule has 0 spiro atoms. The fraction of sp³-hybridized carbons (Fsp3) is 0.0870. The van der Waals surface area contributed by atoms with E-state index in [-0.39, 0.29) is 0 Å². The van der Waals surface area contributed by atoms with Crippen molar-refractivity contribution in [2.45, 2.75) is 6.54 Å². The maximum Gasteiger partial charge on any atom is 0.158 e. The van der Waals surface area contributed by atoms with Gasteiger partial charge in [-0.2, -0.15) is 0 Å². The third kappa shape index (κ3) is 3.48. The number of fused-ring (bicyclic) bond motifs is 1. The van der Waals surface area contributed by atoms with Crippen molar-refractivity contribution < 1.29 is 9.26 Å². The van der Waals surface area contributed by atoms with Crippen LogP contribution in [0.3, 0.4) is 0 Å². The quantitative estimate of drug-likeness (QED) is 0.436. The van der Waals surface area contributed by atoms with Gasteiger partial charge in [0.15, 0.2) is 5.76 Å². The van der Waals surface area contributed by atoms with Gasteiger partial charge in [-0.05, 0) is 29.0 Å². The molecule has 2 heterocycles. The first kappa shape index (κ1) is 17.2. The van der Waals surface area contributed by atoms with Crippen LogP contribution in [0.15, 0.2) is 83.5 Å². The van der Waals surface area contributed by atoms with E-state index in [1.165, 1.54) is 0 Å². The number of hydrogen-bond donors (Lipinski definition) is 0. The minimum atomic E-state index is 0.470. The van der Waals surface area contributed by atoms with Crippen LogP contribution in [0.2, 0.25) is 0 Å². The molecule has 0 radical (unpaired) electrons. The van der Waals surface area contributed by atoms with Crippen LogP contribution in [0.5, 0.6) is 5.75 Å². The molecule has 0 bridgehead atoms. The van der Waals surface area contributed by atoms with E-state index in [2.05, 4.69) is 27.6 Å². The molecule has 6 heteroatoms. The third-order valence-electron chi connectivity index (χ3n) is 4.83. The first-order chi connectivity index (χ1) is 14.3.